The average Bonchev–Trinajstić information content (AvgIpc) is 2.37. The highest BCUT2D eigenvalue weighted by atomic mass is 19.3. The average molecular weight is 130 g/mol. The molecule has 0 aliphatic rings. The maximum Gasteiger partial charge on any atom is 0.414 e. The molecule has 0 bridgehead atoms. The Kier molecular flexibility index (Phi) is 1.48. The Labute approximate surface area is 49.9 Å². The fraction of sp³-hybridized carbons (Fsp3) is 0. The Bertz CT molecular complexity index is 192. The largest absolute Gasteiger partial charge is 0.457 e. The summed E-state index contributed by atoms with van der Waals surface area (Å²) in [5, 5.41) is 0. The maximum atomic E-state index is 11.0. The van der Waals surface area contributed by atoms with Gasteiger partial charge in [-0.25, -0.2) is 9.74 Å². The molecule has 0 radical (unpaired) electrons. The molecule has 0 unspecified atom stereocenters. The highest BCUT2D eigenvalue weighted by Crippen LogP contribution is 2.01. The normalized spacial score (nSPS) is 9.00. The highest BCUT2D eigenvalue weighted by Gasteiger charge is 2.08. The first-order valence-electron chi connectivity index (χ1n) is 2.21. The van der Waals surface area contributed by atoms with Gasteiger partial charge in [0.25, 0.3) is 0 Å². The SMILES string of the molecule is O=C(OF)c1ccco1. The number of halogens is 1. The van der Waals surface area contributed by atoms with Gasteiger partial charge in [0.1, 0.15) is 0 Å². The van der Waals surface area contributed by atoms with Gasteiger partial charge in [0.05, 0.1) is 6.26 Å². The van der Waals surface area contributed by atoms with Gasteiger partial charge in [0.15, 0.2) is 0 Å². The molecule has 3 nitrogen and oxygen atoms in total. The number of hydrogen-bond acceptors (Lipinski definition) is 3. The van der Waals surface area contributed by atoms with Crippen LogP contribution >= 0.6 is 0 Å². The van der Waals surface area contributed by atoms with Crippen LogP contribution in [0.2, 0.25) is 0 Å². The minimum Gasteiger partial charge on any atom is -0.457 e. The van der Waals surface area contributed by atoms with Crippen molar-refractivity contribution in [2.24, 2.45) is 0 Å². The quantitative estimate of drug-likeness (QED) is 0.575. The molecule has 9 heavy (non-hydrogen) atoms. The smallest absolute Gasteiger partial charge is 0.414 e. The number of furan rings is 1. The molecule has 0 saturated heterocycles. The molecule has 0 atom stereocenters. The van der Waals surface area contributed by atoms with Gasteiger partial charge in [-0.2, -0.15) is 0 Å². The van der Waals surface area contributed by atoms with Gasteiger partial charge in [-0.1, -0.05) is 0 Å². The van der Waals surface area contributed by atoms with Gasteiger partial charge >= 0.3 is 5.97 Å². The summed E-state index contributed by atoms with van der Waals surface area (Å²) in [5.41, 5.74) is 0. The first kappa shape index (κ1) is 5.81. The van der Waals surface area contributed by atoms with Gasteiger partial charge in [-0.3, -0.25) is 0 Å². The lowest BCUT2D eigenvalue weighted by Gasteiger charge is -1.83. The Morgan fingerprint density at radius 1 is 1.78 bits per heavy atom. The van der Waals surface area contributed by atoms with E-state index in [1.807, 2.05) is 0 Å². The lowest BCUT2D eigenvalue weighted by molar-refractivity contribution is -0.0811. The van der Waals surface area contributed by atoms with Crippen LogP contribution in [-0.4, -0.2) is 5.97 Å². The summed E-state index contributed by atoms with van der Waals surface area (Å²) >= 11 is 0. The summed E-state index contributed by atoms with van der Waals surface area (Å²) in [6.07, 6.45) is 1.26. The van der Waals surface area contributed by atoms with E-state index in [4.69, 9.17) is 0 Å². The van der Waals surface area contributed by atoms with Crippen molar-refractivity contribution in [3.05, 3.63) is 24.2 Å². The summed E-state index contributed by atoms with van der Waals surface area (Å²) in [6, 6.07) is 2.77. The van der Waals surface area contributed by atoms with Crippen molar-refractivity contribution in [1.82, 2.24) is 0 Å². The van der Waals surface area contributed by atoms with E-state index in [0.29, 0.717) is 0 Å². The van der Waals surface area contributed by atoms with E-state index >= 15 is 0 Å². The van der Waals surface area contributed by atoms with Crippen LogP contribution in [-0.2, 0) is 4.94 Å². The van der Waals surface area contributed by atoms with Crippen LogP contribution in [0.25, 0.3) is 0 Å². The Morgan fingerprint density at radius 3 is 3.00 bits per heavy atom. The monoisotopic (exact) mass is 130 g/mol. The van der Waals surface area contributed by atoms with E-state index in [2.05, 4.69) is 9.36 Å². The molecule has 4 heteroatoms. The number of rotatable bonds is 1. The fourth-order valence-corrected chi connectivity index (χ4v) is 0.433. The van der Waals surface area contributed by atoms with E-state index in [-0.39, 0.29) is 5.76 Å². The predicted octanol–water partition coefficient (Wildman–Crippen LogP) is 1.32. The van der Waals surface area contributed by atoms with Crippen LogP contribution in [0.1, 0.15) is 10.6 Å². The molecule has 1 aromatic rings. The van der Waals surface area contributed by atoms with Crippen LogP contribution in [0, 0.1) is 0 Å². The molecule has 1 aromatic heterocycles. The Hall–Kier alpha value is -1.32. The van der Waals surface area contributed by atoms with E-state index in [1.54, 1.807) is 0 Å². The predicted molar refractivity (Wildman–Crippen MR) is 25.2 cm³/mol. The summed E-state index contributed by atoms with van der Waals surface area (Å²) in [5.74, 6) is -1.25. The first-order valence-corrected chi connectivity index (χ1v) is 2.21. The molecule has 0 saturated carbocycles. The molecule has 0 N–H and O–H groups in total. The number of hydrogen-bond donors (Lipinski definition) is 0. The molecule has 48 valence electrons. The van der Waals surface area contributed by atoms with Crippen LogP contribution in [0.3, 0.4) is 0 Å². The van der Waals surface area contributed by atoms with Crippen LogP contribution in [0.5, 0.6) is 0 Å². The van der Waals surface area contributed by atoms with E-state index < -0.39 is 5.97 Å². The topological polar surface area (TPSA) is 39.4 Å². The zero-order valence-electron chi connectivity index (χ0n) is 4.33. The molecule has 0 aromatic carbocycles. The van der Waals surface area contributed by atoms with Gasteiger partial charge < -0.3 is 4.42 Å². The van der Waals surface area contributed by atoms with Crippen LogP contribution < -0.4 is 0 Å². The first-order chi connectivity index (χ1) is 4.34. The molecular weight excluding hydrogens is 127 g/mol. The number of carbonyl (C=O) groups is 1. The second-order valence-corrected chi connectivity index (χ2v) is 1.34. The third-order valence-electron chi connectivity index (χ3n) is 0.792. The lowest BCUT2D eigenvalue weighted by atomic mass is 10.5. The summed E-state index contributed by atoms with van der Waals surface area (Å²) < 4.78 is 15.5. The zero-order valence-corrected chi connectivity index (χ0v) is 4.33. The second-order valence-electron chi connectivity index (χ2n) is 1.34. The minimum atomic E-state index is -1.11. The Balaban J connectivity index is 2.77. The lowest BCUT2D eigenvalue weighted by Crippen LogP contribution is -1.94. The van der Waals surface area contributed by atoms with Crippen molar-refractivity contribution in [1.29, 1.82) is 0 Å². The van der Waals surface area contributed by atoms with E-state index in [9.17, 15) is 9.32 Å². The van der Waals surface area contributed by atoms with Crippen molar-refractivity contribution in [3.8, 4) is 0 Å². The number of carbonyl (C=O) groups excluding carboxylic acids is 1. The molecule has 0 spiro atoms. The third kappa shape index (κ3) is 1.07. The van der Waals surface area contributed by atoms with Gasteiger partial charge in [-0.05, 0) is 12.1 Å². The maximum absolute atomic E-state index is 11.0. The molecule has 1 rings (SSSR count). The van der Waals surface area contributed by atoms with Gasteiger partial charge in [0, 0.05) is 4.53 Å². The van der Waals surface area contributed by atoms with Crippen LogP contribution in [0.15, 0.2) is 22.8 Å². The van der Waals surface area contributed by atoms with Crippen molar-refractivity contribution in [3.63, 3.8) is 0 Å². The third-order valence-corrected chi connectivity index (χ3v) is 0.792. The van der Waals surface area contributed by atoms with Gasteiger partial charge in [0.2, 0.25) is 5.76 Å². The molecule has 0 aliphatic carbocycles. The minimum absolute atomic E-state index is 0.141. The van der Waals surface area contributed by atoms with Crippen molar-refractivity contribution >= 4 is 5.97 Å². The molecule has 0 fully saturated rings. The summed E-state index contributed by atoms with van der Waals surface area (Å²) in [4.78, 5) is 13.0. The molecule has 0 aliphatic heterocycles. The summed E-state index contributed by atoms with van der Waals surface area (Å²) in [6.45, 7) is 0. The second kappa shape index (κ2) is 2.30. The highest BCUT2D eigenvalue weighted by molar-refractivity contribution is 5.85. The van der Waals surface area contributed by atoms with Crippen LogP contribution in [0.4, 0.5) is 4.53 Å². The molecular formula is C5H3FO3. The van der Waals surface area contributed by atoms with E-state index in [0.717, 1.165) is 0 Å². The Morgan fingerprint density at radius 2 is 2.56 bits per heavy atom. The fourth-order valence-electron chi connectivity index (χ4n) is 0.433. The summed E-state index contributed by atoms with van der Waals surface area (Å²) in [7, 11) is 0. The van der Waals surface area contributed by atoms with Gasteiger partial charge in [-0.15, -0.1) is 0 Å². The van der Waals surface area contributed by atoms with E-state index in [1.165, 1.54) is 18.4 Å². The van der Waals surface area contributed by atoms with Crippen molar-refractivity contribution < 1.29 is 18.7 Å². The molecule has 0 amide bonds. The van der Waals surface area contributed by atoms with Crippen molar-refractivity contribution in [2.45, 2.75) is 0 Å². The standard InChI is InChI=1S/C5H3FO3/c6-9-5(7)4-2-1-3-8-4/h1-3H. The van der Waals surface area contributed by atoms with Crippen molar-refractivity contribution in [2.75, 3.05) is 0 Å². The zero-order chi connectivity index (χ0) is 6.69. The molecule has 1 heterocycles.